The summed E-state index contributed by atoms with van der Waals surface area (Å²) in [7, 11) is 1.53. The number of ether oxygens (including phenoxy) is 2. The van der Waals surface area contributed by atoms with E-state index in [9.17, 15) is 9.59 Å². The van der Waals surface area contributed by atoms with Gasteiger partial charge in [-0.15, -0.1) is 0 Å². The molecule has 1 aliphatic rings. The molecule has 0 bridgehead atoms. The van der Waals surface area contributed by atoms with Crippen LogP contribution in [-0.2, 0) is 16.2 Å². The molecule has 0 spiro atoms. The summed E-state index contributed by atoms with van der Waals surface area (Å²) in [6.07, 6.45) is 1.47. The highest BCUT2D eigenvalue weighted by Crippen LogP contribution is 2.38. The summed E-state index contributed by atoms with van der Waals surface area (Å²) in [5, 5.41) is 7.11. The molecule has 6 nitrogen and oxygen atoms in total. The molecule has 0 aliphatic carbocycles. The molecule has 0 unspecified atom stereocenters. The van der Waals surface area contributed by atoms with Gasteiger partial charge < -0.3 is 9.47 Å². The second-order valence-electron chi connectivity index (χ2n) is 7.20. The number of nitrogens with one attached hydrogen (secondary N) is 2. The van der Waals surface area contributed by atoms with Crippen LogP contribution in [0.25, 0.3) is 16.8 Å². The summed E-state index contributed by atoms with van der Waals surface area (Å²) in [5.41, 5.74) is 2.77. The van der Waals surface area contributed by atoms with Crippen molar-refractivity contribution in [2.24, 2.45) is 0 Å². The predicted octanol–water partition coefficient (Wildman–Crippen LogP) is 4.41. The van der Waals surface area contributed by atoms with Crippen LogP contribution in [0.1, 0.15) is 16.7 Å². The first-order valence-corrected chi connectivity index (χ1v) is 10.9. The van der Waals surface area contributed by atoms with E-state index in [-0.39, 0.29) is 10.7 Å². The van der Waals surface area contributed by atoms with Crippen LogP contribution >= 0.6 is 28.1 Å². The first-order chi connectivity index (χ1) is 15.4. The van der Waals surface area contributed by atoms with E-state index in [0.717, 1.165) is 21.9 Å². The number of rotatable bonds is 5. The Morgan fingerprint density at radius 3 is 2.50 bits per heavy atom. The zero-order valence-corrected chi connectivity index (χ0v) is 19.7. The maximum Gasteiger partial charge on any atom is 0.263 e. The normalized spacial score (nSPS) is 13.6. The minimum atomic E-state index is -0.555. The molecule has 4 rings (SSSR count). The van der Waals surface area contributed by atoms with Crippen molar-refractivity contribution < 1.29 is 19.1 Å². The molecule has 0 radical (unpaired) electrons. The zero-order chi connectivity index (χ0) is 22.8. The van der Waals surface area contributed by atoms with Crippen molar-refractivity contribution in [2.75, 3.05) is 7.11 Å². The third-order valence-corrected chi connectivity index (χ3v) is 5.93. The van der Waals surface area contributed by atoms with Crippen molar-refractivity contribution in [1.82, 2.24) is 10.6 Å². The molecule has 0 aromatic heterocycles. The van der Waals surface area contributed by atoms with Crippen LogP contribution < -0.4 is 20.1 Å². The minimum absolute atomic E-state index is 0.0108. The van der Waals surface area contributed by atoms with Crippen molar-refractivity contribution in [3.63, 3.8) is 0 Å². The molecular formula is C24H19BrN2O4S. The van der Waals surface area contributed by atoms with Gasteiger partial charge in [-0.2, -0.15) is 0 Å². The highest BCUT2D eigenvalue weighted by Gasteiger charge is 2.26. The Kier molecular flexibility index (Phi) is 6.25. The third-order valence-electron chi connectivity index (χ3n) is 5.14. The standard InChI is InChI=1S/C24H19BrN2O4S/c1-13-7-8-15-5-3-4-6-16(15)18(13)12-31-21-19(25)10-14(11-20(21)30-2)9-17-22(28)26-24(32)27-23(17)29/h3-11H,12H2,1-2H3,(H2,26,27,28,29,32). The predicted molar refractivity (Wildman–Crippen MR) is 131 cm³/mol. The van der Waals surface area contributed by atoms with Gasteiger partial charge in [0.25, 0.3) is 11.8 Å². The van der Waals surface area contributed by atoms with Crippen molar-refractivity contribution >= 4 is 61.9 Å². The number of hydrogen-bond acceptors (Lipinski definition) is 5. The Morgan fingerprint density at radius 1 is 1.06 bits per heavy atom. The molecule has 32 heavy (non-hydrogen) atoms. The van der Waals surface area contributed by atoms with Crippen LogP contribution in [0.3, 0.4) is 0 Å². The van der Waals surface area contributed by atoms with E-state index < -0.39 is 11.8 Å². The Bertz CT molecular complexity index is 1280. The Labute approximate surface area is 198 Å². The van der Waals surface area contributed by atoms with Crippen LogP contribution in [0.15, 0.2) is 58.6 Å². The van der Waals surface area contributed by atoms with Crippen molar-refractivity contribution in [3.8, 4) is 11.5 Å². The summed E-state index contributed by atoms with van der Waals surface area (Å²) < 4.78 is 12.3. The summed E-state index contributed by atoms with van der Waals surface area (Å²) in [4.78, 5) is 24.3. The molecular weight excluding hydrogens is 492 g/mol. The SMILES string of the molecule is COc1cc(C=C2C(=O)NC(=S)NC2=O)cc(Br)c1OCc1c(C)ccc2ccccc12. The van der Waals surface area contributed by atoms with Gasteiger partial charge in [0.2, 0.25) is 0 Å². The van der Waals surface area contributed by atoms with Gasteiger partial charge in [0.05, 0.1) is 11.6 Å². The van der Waals surface area contributed by atoms with Crippen molar-refractivity contribution in [1.29, 1.82) is 0 Å². The number of carbonyl (C=O) groups excluding carboxylic acids is 2. The van der Waals surface area contributed by atoms with Crippen LogP contribution in [-0.4, -0.2) is 24.0 Å². The first-order valence-electron chi connectivity index (χ1n) is 9.73. The molecule has 2 N–H and O–H groups in total. The van der Waals surface area contributed by atoms with Crippen molar-refractivity contribution in [3.05, 3.63) is 75.3 Å². The average molecular weight is 511 g/mol. The van der Waals surface area contributed by atoms with Gasteiger partial charge in [0, 0.05) is 5.56 Å². The Balaban J connectivity index is 1.65. The molecule has 8 heteroatoms. The quantitative estimate of drug-likeness (QED) is 0.302. The number of amides is 2. The van der Waals surface area contributed by atoms with Crippen LogP contribution in [0.5, 0.6) is 11.5 Å². The number of methoxy groups -OCH3 is 1. The van der Waals surface area contributed by atoms with Crippen LogP contribution in [0, 0.1) is 6.92 Å². The number of aryl methyl sites for hydroxylation is 1. The Morgan fingerprint density at radius 2 is 1.78 bits per heavy atom. The molecule has 1 saturated heterocycles. The second kappa shape index (κ2) is 9.10. The van der Waals surface area contributed by atoms with E-state index in [1.807, 2.05) is 12.1 Å². The van der Waals surface area contributed by atoms with Gasteiger partial charge in [0.1, 0.15) is 12.2 Å². The molecule has 3 aromatic carbocycles. The van der Waals surface area contributed by atoms with Gasteiger partial charge in [-0.05, 0) is 75.2 Å². The van der Waals surface area contributed by atoms with Gasteiger partial charge >= 0.3 is 0 Å². The molecule has 0 atom stereocenters. The summed E-state index contributed by atoms with van der Waals surface area (Å²) in [6, 6.07) is 15.8. The van der Waals surface area contributed by atoms with Crippen molar-refractivity contribution in [2.45, 2.75) is 13.5 Å². The molecule has 1 fully saturated rings. The maximum atomic E-state index is 12.1. The lowest BCUT2D eigenvalue weighted by Crippen LogP contribution is -2.51. The van der Waals surface area contributed by atoms with Gasteiger partial charge in [-0.3, -0.25) is 20.2 Å². The molecule has 1 aliphatic heterocycles. The second-order valence-corrected chi connectivity index (χ2v) is 8.46. The van der Waals surface area contributed by atoms with Crippen LogP contribution in [0.4, 0.5) is 0 Å². The monoisotopic (exact) mass is 510 g/mol. The molecule has 0 saturated carbocycles. The fourth-order valence-electron chi connectivity index (χ4n) is 3.52. The first kappa shape index (κ1) is 22.0. The topological polar surface area (TPSA) is 76.7 Å². The molecule has 3 aromatic rings. The number of carbonyl (C=O) groups is 2. The fourth-order valence-corrected chi connectivity index (χ4v) is 4.28. The molecule has 1 heterocycles. The highest BCUT2D eigenvalue weighted by atomic mass is 79.9. The highest BCUT2D eigenvalue weighted by molar-refractivity contribution is 9.10. The van der Waals surface area contributed by atoms with E-state index in [0.29, 0.717) is 28.1 Å². The third kappa shape index (κ3) is 4.37. The van der Waals surface area contributed by atoms with Gasteiger partial charge in [-0.1, -0.05) is 36.4 Å². The summed E-state index contributed by atoms with van der Waals surface area (Å²) in [5.74, 6) is -0.113. The van der Waals surface area contributed by atoms with Gasteiger partial charge in [-0.25, -0.2) is 0 Å². The Hall–Kier alpha value is -3.23. The molecule has 162 valence electrons. The number of hydrogen-bond donors (Lipinski definition) is 2. The average Bonchev–Trinajstić information content (AvgIpc) is 2.76. The van der Waals surface area contributed by atoms with E-state index in [4.69, 9.17) is 21.7 Å². The minimum Gasteiger partial charge on any atom is -0.493 e. The van der Waals surface area contributed by atoms with Crippen LogP contribution in [0.2, 0.25) is 0 Å². The smallest absolute Gasteiger partial charge is 0.263 e. The number of fused-ring (bicyclic) bond motifs is 1. The lowest BCUT2D eigenvalue weighted by Gasteiger charge is -2.18. The van der Waals surface area contributed by atoms with E-state index >= 15 is 0 Å². The van der Waals surface area contributed by atoms with E-state index in [1.54, 1.807) is 12.1 Å². The zero-order valence-electron chi connectivity index (χ0n) is 17.3. The number of thiocarbonyl (C=S) groups is 1. The van der Waals surface area contributed by atoms with E-state index in [2.05, 4.69) is 57.8 Å². The lowest BCUT2D eigenvalue weighted by atomic mass is 10.0. The van der Waals surface area contributed by atoms with Gasteiger partial charge in [0.15, 0.2) is 16.6 Å². The van der Waals surface area contributed by atoms with E-state index in [1.165, 1.54) is 13.2 Å². The lowest BCUT2D eigenvalue weighted by molar-refractivity contribution is -0.123. The molecule has 2 amide bonds. The maximum absolute atomic E-state index is 12.1. The largest absolute Gasteiger partial charge is 0.493 e. The fraction of sp³-hybridized carbons (Fsp3) is 0.125. The summed E-state index contributed by atoms with van der Waals surface area (Å²) in [6.45, 7) is 2.41. The number of halogens is 1. The summed E-state index contributed by atoms with van der Waals surface area (Å²) >= 11 is 8.36. The number of benzene rings is 3.